The van der Waals surface area contributed by atoms with Gasteiger partial charge in [-0.2, -0.15) is 0 Å². The summed E-state index contributed by atoms with van der Waals surface area (Å²) in [6.07, 6.45) is 56.0. The fourth-order valence-electron chi connectivity index (χ4n) is 7.10. The number of hydrogen-bond acceptors (Lipinski definition) is 7. The standard InChI is InChI=1S/C55H99N2O7P/c1-7-10-13-16-19-22-25-27-28-30-33-36-39-42-45-48-55(59)64-53(46-43-40-37-34-31-24-21-18-15-12-9-3)52(51-63-65(60,61)62-50-49-57(4,5)6)56-54(58)47-44-41-38-35-32-29-26-23-20-17-14-11-8-2/h10,13,16,19,22,25,29,32,38,41,43,46,52-53H,7-9,11-12,14-15,17-18,20-21,23-24,26-28,30-31,33-37,39-40,42,44-45,47-51H2,1-6H3,(H-,56,58,60,61)/b13-10+,19-16+,25-22+,32-29-,41-38+,46-43+. The average Bonchev–Trinajstić information content (AvgIpc) is 3.26. The minimum Gasteiger partial charge on any atom is -0.756 e. The quantitative estimate of drug-likeness (QED) is 0.0161. The molecule has 0 aliphatic carbocycles. The predicted octanol–water partition coefficient (Wildman–Crippen LogP) is 14.7. The first-order valence-electron chi connectivity index (χ1n) is 26.3. The second-order valence-corrected chi connectivity index (χ2v) is 20.1. The molecule has 0 aliphatic heterocycles. The lowest BCUT2D eigenvalue weighted by molar-refractivity contribution is -0.870. The van der Waals surface area contributed by atoms with E-state index in [-0.39, 0.29) is 31.3 Å². The summed E-state index contributed by atoms with van der Waals surface area (Å²) in [4.78, 5) is 39.6. The number of phosphoric acid groups is 1. The summed E-state index contributed by atoms with van der Waals surface area (Å²) in [5, 5.41) is 2.96. The van der Waals surface area contributed by atoms with Crippen molar-refractivity contribution in [2.24, 2.45) is 0 Å². The van der Waals surface area contributed by atoms with E-state index < -0.39 is 26.6 Å². The van der Waals surface area contributed by atoms with Crippen LogP contribution in [0.5, 0.6) is 0 Å². The van der Waals surface area contributed by atoms with Crippen LogP contribution in [0, 0.1) is 0 Å². The topological polar surface area (TPSA) is 114 Å². The largest absolute Gasteiger partial charge is 0.756 e. The maximum atomic E-state index is 13.4. The normalized spacial score (nSPS) is 14.5. The van der Waals surface area contributed by atoms with E-state index in [1.807, 2.05) is 33.3 Å². The molecule has 0 saturated carbocycles. The molecule has 10 heteroatoms. The third kappa shape index (κ3) is 46.4. The van der Waals surface area contributed by atoms with Crippen molar-refractivity contribution in [1.82, 2.24) is 5.32 Å². The number of phosphoric ester groups is 1. The summed E-state index contributed by atoms with van der Waals surface area (Å²) in [5.74, 6) is -0.639. The molecule has 65 heavy (non-hydrogen) atoms. The fourth-order valence-corrected chi connectivity index (χ4v) is 7.82. The van der Waals surface area contributed by atoms with Crippen LogP contribution in [0.15, 0.2) is 72.9 Å². The molecule has 0 bridgehead atoms. The predicted molar refractivity (Wildman–Crippen MR) is 275 cm³/mol. The van der Waals surface area contributed by atoms with Gasteiger partial charge in [0.15, 0.2) is 0 Å². The fraction of sp³-hybridized carbons (Fsp3) is 0.745. The van der Waals surface area contributed by atoms with Crippen LogP contribution < -0.4 is 10.2 Å². The van der Waals surface area contributed by atoms with Gasteiger partial charge in [0, 0.05) is 12.8 Å². The Balaban J connectivity index is 5.50. The van der Waals surface area contributed by atoms with E-state index in [4.69, 9.17) is 13.8 Å². The van der Waals surface area contributed by atoms with Gasteiger partial charge < -0.3 is 28.5 Å². The van der Waals surface area contributed by atoms with Crippen LogP contribution in [-0.4, -0.2) is 69.4 Å². The molecule has 0 saturated heterocycles. The molecule has 1 N–H and O–H groups in total. The average molecular weight is 931 g/mol. The Morgan fingerprint density at radius 3 is 1.62 bits per heavy atom. The van der Waals surface area contributed by atoms with Crippen molar-refractivity contribution in [2.45, 2.75) is 226 Å². The third-order valence-electron chi connectivity index (χ3n) is 11.2. The Kier molecular flexibility index (Phi) is 43.5. The molecule has 0 rings (SSSR count). The summed E-state index contributed by atoms with van der Waals surface area (Å²) >= 11 is 0. The zero-order valence-corrected chi connectivity index (χ0v) is 43.6. The van der Waals surface area contributed by atoms with Crippen LogP contribution in [0.4, 0.5) is 0 Å². The second-order valence-electron chi connectivity index (χ2n) is 18.7. The maximum Gasteiger partial charge on any atom is 0.306 e. The zero-order valence-electron chi connectivity index (χ0n) is 42.7. The van der Waals surface area contributed by atoms with Crippen molar-refractivity contribution >= 4 is 19.7 Å². The van der Waals surface area contributed by atoms with Crippen molar-refractivity contribution in [1.29, 1.82) is 0 Å². The highest BCUT2D eigenvalue weighted by atomic mass is 31.2. The van der Waals surface area contributed by atoms with Crippen LogP contribution in [-0.2, 0) is 27.9 Å². The highest BCUT2D eigenvalue weighted by Gasteiger charge is 2.27. The highest BCUT2D eigenvalue weighted by Crippen LogP contribution is 2.38. The van der Waals surface area contributed by atoms with E-state index in [1.54, 1.807) is 6.08 Å². The molecule has 9 nitrogen and oxygen atoms in total. The third-order valence-corrected chi connectivity index (χ3v) is 12.2. The van der Waals surface area contributed by atoms with E-state index in [0.717, 1.165) is 64.2 Å². The minimum atomic E-state index is -4.71. The lowest BCUT2D eigenvalue weighted by Crippen LogP contribution is -2.47. The molecule has 3 atom stereocenters. The number of ether oxygens (including phenoxy) is 1. The van der Waals surface area contributed by atoms with Crippen molar-refractivity contribution < 1.29 is 37.3 Å². The first-order chi connectivity index (χ1) is 31.4. The first-order valence-corrected chi connectivity index (χ1v) is 27.7. The SMILES string of the molecule is CC/C=C/C=C/C=C/CCCCCCCCCC(=O)OC(/C=C/CCCCCCCCCCC)C(COP(=O)([O-])OCC[N+](C)(C)C)NC(=O)CC/C=C/C/C=C\CCCCCCCC. The van der Waals surface area contributed by atoms with Gasteiger partial charge in [0.1, 0.15) is 19.3 Å². The number of rotatable bonds is 46. The molecule has 0 aromatic rings. The Morgan fingerprint density at radius 1 is 0.569 bits per heavy atom. The second kappa shape index (κ2) is 45.2. The summed E-state index contributed by atoms with van der Waals surface area (Å²) in [6, 6.07) is -0.923. The number of quaternary nitrogens is 1. The molecule has 3 unspecified atom stereocenters. The van der Waals surface area contributed by atoms with Crippen molar-refractivity contribution in [3.05, 3.63) is 72.9 Å². The monoisotopic (exact) mass is 931 g/mol. The molecule has 0 radical (unpaired) electrons. The number of unbranched alkanes of at least 4 members (excludes halogenated alkanes) is 22. The number of esters is 1. The number of nitrogens with zero attached hydrogens (tertiary/aromatic N) is 1. The summed E-state index contributed by atoms with van der Waals surface area (Å²) < 4.78 is 30.1. The van der Waals surface area contributed by atoms with E-state index >= 15 is 0 Å². The molecular weight excluding hydrogens is 832 g/mol. The van der Waals surface area contributed by atoms with Crippen molar-refractivity contribution in [2.75, 3.05) is 40.9 Å². The smallest absolute Gasteiger partial charge is 0.306 e. The summed E-state index contributed by atoms with van der Waals surface area (Å²) in [5.41, 5.74) is 0. The number of amides is 1. The Morgan fingerprint density at radius 2 is 1.06 bits per heavy atom. The Bertz CT molecular complexity index is 1350. The Labute approximate surface area is 400 Å². The number of hydrogen-bond donors (Lipinski definition) is 1. The maximum absolute atomic E-state index is 13.4. The highest BCUT2D eigenvalue weighted by molar-refractivity contribution is 7.45. The van der Waals surface area contributed by atoms with Crippen LogP contribution in [0.1, 0.15) is 213 Å². The van der Waals surface area contributed by atoms with Crippen molar-refractivity contribution in [3.8, 4) is 0 Å². The van der Waals surface area contributed by atoms with Crippen LogP contribution in [0.25, 0.3) is 0 Å². The molecule has 0 fully saturated rings. The van der Waals surface area contributed by atoms with Gasteiger partial charge in [-0.05, 0) is 70.3 Å². The lowest BCUT2D eigenvalue weighted by atomic mass is 10.1. The van der Waals surface area contributed by atoms with E-state index in [0.29, 0.717) is 23.9 Å². The van der Waals surface area contributed by atoms with E-state index in [2.05, 4.69) is 80.8 Å². The Hall–Kier alpha value is -2.55. The molecule has 1 amide bonds. The number of likely N-dealkylation sites (N-methyl/N-ethyl adjacent to an activating group) is 1. The number of carbonyl (C=O) groups is 2. The molecule has 376 valence electrons. The van der Waals surface area contributed by atoms with Gasteiger partial charge in [-0.15, -0.1) is 0 Å². The first kappa shape index (κ1) is 62.4. The zero-order chi connectivity index (χ0) is 48.0. The van der Waals surface area contributed by atoms with Crippen LogP contribution in [0.2, 0.25) is 0 Å². The van der Waals surface area contributed by atoms with Crippen LogP contribution in [0.3, 0.4) is 0 Å². The molecule has 0 aromatic carbocycles. The molecule has 0 aliphatic rings. The molecule has 0 heterocycles. The van der Waals surface area contributed by atoms with E-state index in [1.165, 1.54) is 103 Å². The van der Waals surface area contributed by atoms with Gasteiger partial charge in [-0.25, -0.2) is 0 Å². The molecule has 0 spiro atoms. The van der Waals surface area contributed by atoms with E-state index in [9.17, 15) is 19.0 Å². The number of allylic oxidation sites excluding steroid dienone is 11. The summed E-state index contributed by atoms with van der Waals surface area (Å²) in [7, 11) is 1.14. The van der Waals surface area contributed by atoms with Crippen LogP contribution >= 0.6 is 7.82 Å². The van der Waals surface area contributed by atoms with Gasteiger partial charge >= 0.3 is 5.97 Å². The van der Waals surface area contributed by atoms with Gasteiger partial charge in [0.25, 0.3) is 7.82 Å². The molecular formula is C55H99N2O7P. The molecule has 0 aromatic heterocycles. The summed E-state index contributed by atoms with van der Waals surface area (Å²) in [6.45, 7) is 6.62. The van der Waals surface area contributed by atoms with Gasteiger partial charge in [-0.1, -0.05) is 203 Å². The van der Waals surface area contributed by atoms with Crippen molar-refractivity contribution in [3.63, 3.8) is 0 Å². The van der Waals surface area contributed by atoms with Gasteiger partial charge in [0.2, 0.25) is 5.91 Å². The van der Waals surface area contributed by atoms with Gasteiger partial charge in [-0.3, -0.25) is 14.2 Å². The lowest BCUT2D eigenvalue weighted by Gasteiger charge is -2.30. The number of carbonyl (C=O) groups excluding carboxylic acids is 2. The van der Waals surface area contributed by atoms with Gasteiger partial charge in [0.05, 0.1) is 33.8 Å². The minimum absolute atomic E-state index is 0.0362. The number of nitrogens with one attached hydrogen (secondary N) is 1.